The predicted octanol–water partition coefficient (Wildman–Crippen LogP) is 2.50. The Bertz CT molecular complexity index is 724. The van der Waals surface area contributed by atoms with Crippen LogP contribution >= 0.6 is 0 Å². The highest BCUT2D eigenvalue weighted by molar-refractivity contribution is 5.74. The van der Waals surface area contributed by atoms with E-state index < -0.39 is 0 Å². The van der Waals surface area contributed by atoms with Gasteiger partial charge in [-0.15, -0.1) is 0 Å². The lowest BCUT2D eigenvalue weighted by molar-refractivity contribution is 0.366. The Balaban J connectivity index is 2.06. The van der Waals surface area contributed by atoms with E-state index in [-0.39, 0.29) is 11.1 Å². The Hall–Kier alpha value is -1.85. The topological polar surface area (TPSA) is 66.8 Å². The van der Waals surface area contributed by atoms with Crippen molar-refractivity contribution >= 4 is 17.0 Å². The number of anilines is 1. The second kappa shape index (κ2) is 5.41. The molecule has 1 atom stereocenters. The van der Waals surface area contributed by atoms with Gasteiger partial charge < -0.3 is 4.90 Å². The summed E-state index contributed by atoms with van der Waals surface area (Å²) in [6.45, 7) is 10.4. The molecule has 2 aromatic rings. The fraction of sp³-hybridized carbons (Fsp3) is 0.688. The van der Waals surface area contributed by atoms with Crippen LogP contribution in [0, 0.1) is 5.92 Å². The summed E-state index contributed by atoms with van der Waals surface area (Å²) in [5, 5.41) is 4.92. The van der Waals surface area contributed by atoms with Crippen LogP contribution in [0.25, 0.3) is 11.0 Å². The minimum Gasteiger partial charge on any atom is -0.342 e. The Kier molecular flexibility index (Phi) is 3.70. The molecule has 0 amide bonds. The highest BCUT2D eigenvalue weighted by Crippen LogP contribution is 2.22. The first-order chi connectivity index (χ1) is 10.4. The number of hydrogen-bond acceptors (Lipinski definition) is 4. The number of H-pyrrole nitrogens is 1. The molecule has 0 bridgehead atoms. The largest absolute Gasteiger partial charge is 0.342 e. The minimum absolute atomic E-state index is 0.104. The molecule has 1 fully saturated rings. The SMILES string of the molecule is CC1CCCN(c2nc3c(cnn3C(C)(C)C)c(=O)[nH]2)CC1. The number of nitrogens with zero attached hydrogens (tertiary/aromatic N) is 4. The summed E-state index contributed by atoms with van der Waals surface area (Å²) in [6.07, 6.45) is 5.13. The van der Waals surface area contributed by atoms with E-state index in [1.165, 1.54) is 6.42 Å². The molecule has 120 valence electrons. The van der Waals surface area contributed by atoms with Gasteiger partial charge in [-0.2, -0.15) is 10.1 Å². The lowest BCUT2D eigenvalue weighted by Gasteiger charge is -2.23. The van der Waals surface area contributed by atoms with Gasteiger partial charge in [-0.3, -0.25) is 9.78 Å². The maximum atomic E-state index is 12.4. The maximum Gasteiger partial charge on any atom is 0.263 e. The number of fused-ring (bicyclic) bond motifs is 1. The number of nitrogens with one attached hydrogen (secondary N) is 1. The molecule has 22 heavy (non-hydrogen) atoms. The zero-order chi connectivity index (χ0) is 15.9. The molecule has 0 aromatic carbocycles. The van der Waals surface area contributed by atoms with E-state index in [4.69, 9.17) is 4.98 Å². The van der Waals surface area contributed by atoms with Gasteiger partial charge in [0.2, 0.25) is 5.95 Å². The average molecular weight is 303 g/mol. The van der Waals surface area contributed by atoms with E-state index in [0.717, 1.165) is 31.8 Å². The highest BCUT2D eigenvalue weighted by atomic mass is 16.1. The van der Waals surface area contributed by atoms with Crippen molar-refractivity contribution < 1.29 is 0 Å². The van der Waals surface area contributed by atoms with Crippen molar-refractivity contribution in [1.82, 2.24) is 19.7 Å². The third-order valence-corrected chi connectivity index (χ3v) is 4.38. The van der Waals surface area contributed by atoms with Crippen LogP contribution < -0.4 is 10.5 Å². The number of rotatable bonds is 1. The first-order valence-electron chi connectivity index (χ1n) is 8.10. The zero-order valence-corrected chi connectivity index (χ0v) is 13.9. The lowest BCUT2D eigenvalue weighted by atomic mass is 10.0. The van der Waals surface area contributed by atoms with Crippen molar-refractivity contribution in [3.8, 4) is 0 Å². The lowest BCUT2D eigenvalue weighted by Crippen LogP contribution is -2.29. The molecule has 0 spiro atoms. The van der Waals surface area contributed by atoms with Crippen molar-refractivity contribution in [2.75, 3.05) is 18.0 Å². The molecule has 1 saturated heterocycles. The average Bonchev–Trinajstić information content (AvgIpc) is 2.75. The van der Waals surface area contributed by atoms with E-state index in [2.05, 4.69) is 42.7 Å². The Morgan fingerprint density at radius 2 is 2.05 bits per heavy atom. The van der Waals surface area contributed by atoms with Gasteiger partial charge in [0, 0.05) is 13.1 Å². The van der Waals surface area contributed by atoms with Crippen molar-refractivity contribution in [1.29, 1.82) is 0 Å². The van der Waals surface area contributed by atoms with Crippen LogP contribution in [0.3, 0.4) is 0 Å². The van der Waals surface area contributed by atoms with Gasteiger partial charge >= 0.3 is 0 Å². The van der Waals surface area contributed by atoms with Crippen molar-refractivity contribution in [2.45, 2.75) is 52.5 Å². The monoisotopic (exact) mass is 303 g/mol. The summed E-state index contributed by atoms with van der Waals surface area (Å²) in [7, 11) is 0. The van der Waals surface area contributed by atoms with Gasteiger partial charge in [0.25, 0.3) is 5.56 Å². The molecule has 6 heteroatoms. The molecule has 1 unspecified atom stereocenters. The van der Waals surface area contributed by atoms with Gasteiger partial charge in [-0.1, -0.05) is 6.92 Å². The fourth-order valence-corrected chi connectivity index (χ4v) is 3.02. The third-order valence-electron chi connectivity index (χ3n) is 4.38. The standard InChI is InChI=1S/C16H25N5O/c1-11-6-5-8-20(9-7-11)15-18-13-12(14(22)19-15)10-17-21(13)16(2,3)4/h10-11H,5-9H2,1-4H3,(H,18,19,22). The maximum absolute atomic E-state index is 12.4. The van der Waals surface area contributed by atoms with Crippen molar-refractivity contribution in [2.24, 2.45) is 5.92 Å². The molecule has 2 aromatic heterocycles. The van der Waals surface area contributed by atoms with Crippen LogP contribution in [0.4, 0.5) is 5.95 Å². The van der Waals surface area contributed by atoms with Crippen LogP contribution in [-0.2, 0) is 5.54 Å². The summed E-state index contributed by atoms with van der Waals surface area (Å²) in [6, 6.07) is 0. The van der Waals surface area contributed by atoms with Gasteiger partial charge in [0.05, 0.1) is 11.7 Å². The first kappa shape index (κ1) is 15.1. The van der Waals surface area contributed by atoms with Gasteiger partial charge in [0.1, 0.15) is 5.39 Å². The number of hydrogen-bond donors (Lipinski definition) is 1. The number of aromatic nitrogens is 4. The second-order valence-corrected chi connectivity index (χ2v) is 7.38. The molecule has 3 rings (SSSR count). The van der Waals surface area contributed by atoms with Crippen LogP contribution in [0.15, 0.2) is 11.0 Å². The quantitative estimate of drug-likeness (QED) is 0.879. The second-order valence-electron chi connectivity index (χ2n) is 7.38. The Labute approximate surface area is 130 Å². The van der Waals surface area contributed by atoms with Gasteiger partial charge in [-0.05, 0) is 46.0 Å². The van der Waals surface area contributed by atoms with E-state index in [0.29, 0.717) is 17.0 Å². The smallest absolute Gasteiger partial charge is 0.263 e. The van der Waals surface area contributed by atoms with E-state index >= 15 is 0 Å². The minimum atomic E-state index is -0.201. The molecule has 0 radical (unpaired) electrons. The fourth-order valence-electron chi connectivity index (χ4n) is 3.02. The summed E-state index contributed by atoms with van der Waals surface area (Å²) in [5.41, 5.74) is 0.365. The van der Waals surface area contributed by atoms with Crippen LogP contribution in [0.5, 0.6) is 0 Å². The highest BCUT2D eigenvalue weighted by Gasteiger charge is 2.22. The third kappa shape index (κ3) is 2.74. The summed E-state index contributed by atoms with van der Waals surface area (Å²) in [5.74, 6) is 1.41. The Morgan fingerprint density at radius 3 is 2.77 bits per heavy atom. The zero-order valence-electron chi connectivity index (χ0n) is 13.9. The van der Waals surface area contributed by atoms with E-state index in [9.17, 15) is 4.79 Å². The molecule has 0 aliphatic carbocycles. The Morgan fingerprint density at radius 1 is 1.27 bits per heavy atom. The normalized spacial score (nSPS) is 20.4. The first-order valence-corrected chi connectivity index (χ1v) is 8.10. The van der Waals surface area contributed by atoms with Crippen LogP contribution in [-0.4, -0.2) is 32.8 Å². The molecule has 3 heterocycles. The predicted molar refractivity (Wildman–Crippen MR) is 88.4 cm³/mol. The molecule has 1 aliphatic rings. The molecule has 1 N–H and O–H groups in total. The van der Waals surface area contributed by atoms with Crippen LogP contribution in [0.1, 0.15) is 47.0 Å². The van der Waals surface area contributed by atoms with Crippen molar-refractivity contribution in [3.05, 3.63) is 16.6 Å². The molecule has 0 saturated carbocycles. The van der Waals surface area contributed by atoms with Gasteiger partial charge in [-0.25, -0.2) is 4.68 Å². The van der Waals surface area contributed by atoms with Gasteiger partial charge in [0.15, 0.2) is 5.65 Å². The van der Waals surface area contributed by atoms with E-state index in [1.54, 1.807) is 6.20 Å². The summed E-state index contributed by atoms with van der Waals surface area (Å²) >= 11 is 0. The molecule has 6 nitrogen and oxygen atoms in total. The molecular weight excluding hydrogens is 278 g/mol. The van der Waals surface area contributed by atoms with Crippen LogP contribution in [0.2, 0.25) is 0 Å². The molecule has 1 aliphatic heterocycles. The summed E-state index contributed by atoms with van der Waals surface area (Å²) < 4.78 is 1.83. The van der Waals surface area contributed by atoms with Crippen molar-refractivity contribution in [3.63, 3.8) is 0 Å². The van der Waals surface area contributed by atoms with E-state index in [1.807, 2.05) is 4.68 Å². The number of aromatic amines is 1. The summed E-state index contributed by atoms with van der Waals surface area (Å²) in [4.78, 5) is 22.2. The molecular formula is C16H25N5O.